The SMILES string of the molecule is CCCCN(C(=O)CN1C[C@H](c2cc(OC)c3c(c2)OCO3)[C@@H](C(=O)O)[C@@H]1CCc1ccncn1)c1ccc[n+](C)c1. The number of pyridine rings is 1. The van der Waals surface area contributed by atoms with Crippen LogP contribution < -0.4 is 23.7 Å². The molecule has 5 rings (SSSR count). The fourth-order valence-electron chi connectivity index (χ4n) is 6.02. The van der Waals surface area contributed by atoms with E-state index in [1.165, 1.54) is 6.33 Å². The number of methoxy groups -OCH3 is 1. The van der Waals surface area contributed by atoms with Crippen molar-refractivity contribution < 1.29 is 33.5 Å². The van der Waals surface area contributed by atoms with Gasteiger partial charge in [0.15, 0.2) is 23.9 Å². The van der Waals surface area contributed by atoms with E-state index in [1.807, 2.05) is 64.1 Å². The number of aryl methyl sites for hydroxylation is 2. The van der Waals surface area contributed by atoms with E-state index in [0.717, 1.165) is 29.8 Å². The monoisotopic (exact) mass is 576 g/mol. The zero-order valence-corrected chi connectivity index (χ0v) is 24.3. The average molecular weight is 577 g/mol. The first-order valence-electron chi connectivity index (χ1n) is 14.3. The van der Waals surface area contributed by atoms with Gasteiger partial charge in [0.1, 0.15) is 19.1 Å². The van der Waals surface area contributed by atoms with Crippen molar-refractivity contribution in [2.45, 2.75) is 44.6 Å². The molecular formula is C31H38N5O6+. The van der Waals surface area contributed by atoms with Crippen molar-refractivity contribution in [1.29, 1.82) is 0 Å². The minimum Gasteiger partial charge on any atom is -0.493 e. The Morgan fingerprint density at radius 3 is 2.83 bits per heavy atom. The third kappa shape index (κ3) is 6.30. The summed E-state index contributed by atoms with van der Waals surface area (Å²) in [5.41, 5.74) is 2.43. The summed E-state index contributed by atoms with van der Waals surface area (Å²) in [6, 6.07) is 8.97. The Hall–Kier alpha value is -4.25. The number of nitrogens with zero attached hydrogens (tertiary/aromatic N) is 5. The van der Waals surface area contributed by atoms with Gasteiger partial charge < -0.3 is 24.2 Å². The van der Waals surface area contributed by atoms with Gasteiger partial charge in [-0.3, -0.25) is 14.5 Å². The van der Waals surface area contributed by atoms with E-state index in [0.29, 0.717) is 43.2 Å². The highest BCUT2D eigenvalue weighted by Gasteiger charge is 2.47. The van der Waals surface area contributed by atoms with Crippen LogP contribution in [-0.4, -0.2) is 71.4 Å². The lowest BCUT2D eigenvalue weighted by atomic mass is 9.83. The molecule has 1 saturated heterocycles. The van der Waals surface area contributed by atoms with Gasteiger partial charge in [0.2, 0.25) is 18.4 Å². The Kier molecular flexibility index (Phi) is 9.16. The molecule has 1 aromatic carbocycles. The first kappa shape index (κ1) is 29.2. The van der Waals surface area contributed by atoms with Crippen LogP contribution in [0.1, 0.15) is 43.4 Å². The molecule has 0 aliphatic carbocycles. The van der Waals surface area contributed by atoms with Crippen LogP contribution in [-0.2, 0) is 23.1 Å². The summed E-state index contributed by atoms with van der Waals surface area (Å²) in [6.07, 6.45) is 9.93. The molecule has 3 aromatic rings. The average Bonchev–Trinajstić information content (AvgIpc) is 3.61. The number of benzene rings is 1. The zero-order chi connectivity index (χ0) is 29.6. The number of hydrogen-bond donors (Lipinski definition) is 1. The van der Waals surface area contributed by atoms with E-state index in [9.17, 15) is 14.7 Å². The van der Waals surface area contributed by atoms with Crippen molar-refractivity contribution >= 4 is 17.6 Å². The second-order valence-electron chi connectivity index (χ2n) is 10.8. The predicted molar refractivity (Wildman–Crippen MR) is 154 cm³/mol. The van der Waals surface area contributed by atoms with Gasteiger partial charge in [-0.2, -0.15) is 0 Å². The van der Waals surface area contributed by atoms with Gasteiger partial charge in [-0.05, 0) is 49.1 Å². The normalized spacial score (nSPS) is 19.5. The summed E-state index contributed by atoms with van der Waals surface area (Å²) in [4.78, 5) is 39.1. The summed E-state index contributed by atoms with van der Waals surface area (Å²) in [5.74, 6) is -0.578. The Morgan fingerprint density at radius 1 is 1.26 bits per heavy atom. The number of carbonyl (C=O) groups excluding carboxylic acids is 1. The summed E-state index contributed by atoms with van der Waals surface area (Å²) in [6.45, 7) is 3.25. The number of likely N-dealkylation sites (tertiary alicyclic amines) is 1. The highest BCUT2D eigenvalue weighted by molar-refractivity contribution is 5.94. The van der Waals surface area contributed by atoms with E-state index in [4.69, 9.17) is 14.2 Å². The third-order valence-electron chi connectivity index (χ3n) is 8.09. The van der Waals surface area contributed by atoms with E-state index in [1.54, 1.807) is 13.3 Å². The molecule has 0 unspecified atom stereocenters. The van der Waals surface area contributed by atoms with Crippen LogP contribution in [0.5, 0.6) is 17.2 Å². The maximum atomic E-state index is 14.0. The van der Waals surface area contributed by atoms with Crippen molar-refractivity contribution in [3.63, 3.8) is 0 Å². The summed E-state index contributed by atoms with van der Waals surface area (Å²) >= 11 is 0. The molecule has 0 saturated carbocycles. The van der Waals surface area contributed by atoms with E-state index in [-0.39, 0.29) is 19.2 Å². The minimum absolute atomic E-state index is 0.0604. The summed E-state index contributed by atoms with van der Waals surface area (Å²) in [7, 11) is 3.48. The molecule has 3 atom stereocenters. The van der Waals surface area contributed by atoms with Crippen molar-refractivity contribution in [3.8, 4) is 17.2 Å². The molecule has 4 heterocycles. The molecule has 0 spiro atoms. The van der Waals surface area contributed by atoms with Crippen molar-refractivity contribution in [3.05, 3.63) is 66.5 Å². The fraction of sp³-hybridized carbons (Fsp3) is 0.452. The van der Waals surface area contributed by atoms with Crippen molar-refractivity contribution in [2.24, 2.45) is 13.0 Å². The first-order chi connectivity index (χ1) is 20.4. The van der Waals surface area contributed by atoms with Gasteiger partial charge in [0.25, 0.3) is 0 Å². The Morgan fingerprint density at radius 2 is 2.12 bits per heavy atom. The highest BCUT2D eigenvalue weighted by Crippen LogP contribution is 2.47. The lowest BCUT2D eigenvalue weighted by Gasteiger charge is -2.29. The second-order valence-corrected chi connectivity index (χ2v) is 10.8. The molecule has 2 aliphatic heterocycles. The number of aromatic nitrogens is 3. The Bertz CT molecular complexity index is 1400. The smallest absolute Gasteiger partial charge is 0.308 e. The van der Waals surface area contributed by atoms with E-state index < -0.39 is 23.8 Å². The number of amides is 1. The summed E-state index contributed by atoms with van der Waals surface area (Å²) < 4.78 is 18.7. The summed E-state index contributed by atoms with van der Waals surface area (Å²) in [5, 5.41) is 10.6. The number of fused-ring (bicyclic) bond motifs is 1. The molecule has 11 nitrogen and oxygen atoms in total. The standard InChI is InChI=1S/C31H37N5O6/c1-4-5-13-36(23-7-6-12-34(2)16-23)28(37)18-35-17-24(21-14-26(40-3)30-27(15-21)41-20-42-30)29(31(38)39)25(35)9-8-22-10-11-32-19-33-22/h6-7,10-12,14-16,19,24-25,29H,4-5,8-9,13,17-18,20H2,1-3H3/p+1/t24-,25+,29-/m1/s1. The minimum atomic E-state index is -0.905. The molecule has 11 heteroatoms. The molecule has 222 valence electrons. The molecule has 2 aromatic heterocycles. The maximum absolute atomic E-state index is 14.0. The van der Waals surface area contributed by atoms with Gasteiger partial charge in [-0.1, -0.05) is 13.3 Å². The van der Waals surface area contributed by atoms with Crippen LogP contribution in [0.3, 0.4) is 0 Å². The number of rotatable bonds is 12. The second kappa shape index (κ2) is 13.2. The molecule has 1 amide bonds. The van der Waals surface area contributed by atoms with Crippen LogP contribution in [0.25, 0.3) is 0 Å². The number of carbonyl (C=O) groups is 2. The van der Waals surface area contributed by atoms with Crippen molar-refractivity contribution in [2.75, 3.05) is 38.4 Å². The highest BCUT2D eigenvalue weighted by atomic mass is 16.7. The molecule has 2 aliphatic rings. The van der Waals surface area contributed by atoms with Gasteiger partial charge in [-0.15, -0.1) is 0 Å². The van der Waals surface area contributed by atoms with E-state index >= 15 is 0 Å². The lowest BCUT2D eigenvalue weighted by Crippen LogP contribution is -2.45. The van der Waals surface area contributed by atoms with Crippen LogP contribution in [0, 0.1) is 5.92 Å². The van der Waals surface area contributed by atoms with E-state index in [2.05, 4.69) is 16.9 Å². The number of unbranched alkanes of at least 4 members (excludes halogenated alkanes) is 1. The number of anilines is 1. The number of carboxylic acid groups (broad SMARTS) is 1. The molecule has 0 bridgehead atoms. The predicted octanol–water partition coefficient (Wildman–Crippen LogP) is 2.97. The zero-order valence-electron chi connectivity index (χ0n) is 24.3. The van der Waals surface area contributed by atoms with Crippen LogP contribution in [0.15, 0.2) is 55.2 Å². The van der Waals surface area contributed by atoms with Crippen LogP contribution in [0.2, 0.25) is 0 Å². The van der Waals surface area contributed by atoms with Crippen LogP contribution in [0.4, 0.5) is 5.69 Å². The molecule has 0 radical (unpaired) electrons. The van der Waals surface area contributed by atoms with Gasteiger partial charge in [0, 0.05) is 43.0 Å². The quantitative estimate of drug-likeness (QED) is 0.325. The fourth-order valence-corrected chi connectivity index (χ4v) is 6.02. The third-order valence-corrected chi connectivity index (χ3v) is 8.09. The first-order valence-corrected chi connectivity index (χ1v) is 14.3. The molecule has 1 N–H and O–H groups in total. The van der Waals surface area contributed by atoms with Crippen molar-refractivity contribution in [1.82, 2.24) is 14.9 Å². The number of ether oxygens (including phenoxy) is 3. The molecule has 1 fully saturated rings. The molecule has 42 heavy (non-hydrogen) atoms. The largest absolute Gasteiger partial charge is 0.493 e. The topological polar surface area (TPSA) is 118 Å². The lowest BCUT2D eigenvalue weighted by molar-refractivity contribution is -0.670. The molecular weight excluding hydrogens is 538 g/mol. The van der Waals surface area contributed by atoms with Gasteiger partial charge in [0.05, 0.1) is 19.6 Å². The van der Waals surface area contributed by atoms with Gasteiger partial charge >= 0.3 is 5.97 Å². The van der Waals surface area contributed by atoms with Crippen LogP contribution >= 0.6 is 0 Å². The number of aliphatic carboxylic acids is 1. The maximum Gasteiger partial charge on any atom is 0.308 e. The number of hydrogen-bond acceptors (Lipinski definition) is 8. The van der Waals surface area contributed by atoms with Gasteiger partial charge in [-0.25, -0.2) is 14.5 Å². The Balaban J connectivity index is 1.47. The Labute approximate surface area is 245 Å². The number of carboxylic acids is 1.